The molecule has 1 aromatic heterocycles. The second-order valence-corrected chi connectivity index (χ2v) is 8.13. The summed E-state index contributed by atoms with van der Waals surface area (Å²) >= 11 is 1.47. The van der Waals surface area contributed by atoms with Gasteiger partial charge in [-0.3, -0.25) is 4.79 Å². The fraction of sp³-hybridized carbons (Fsp3) is 0.318. The van der Waals surface area contributed by atoms with E-state index in [9.17, 15) is 4.79 Å². The van der Waals surface area contributed by atoms with Crippen molar-refractivity contribution in [2.24, 2.45) is 0 Å². The minimum atomic E-state index is -0.346. The summed E-state index contributed by atoms with van der Waals surface area (Å²) in [4.78, 5) is 12.9. The Bertz CT molecular complexity index is 966. The van der Waals surface area contributed by atoms with E-state index >= 15 is 0 Å². The Labute approximate surface area is 169 Å². The lowest BCUT2D eigenvalue weighted by molar-refractivity contribution is -0.120. The van der Waals surface area contributed by atoms with Crippen LogP contribution in [0.5, 0.6) is 0 Å². The maximum absolute atomic E-state index is 12.9. The Morgan fingerprint density at radius 2 is 1.86 bits per heavy atom. The van der Waals surface area contributed by atoms with Gasteiger partial charge < -0.3 is 9.88 Å². The number of benzene rings is 2. The van der Waals surface area contributed by atoms with Crippen molar-refractivity contribution in [1.29, 1.82) is 0 Å². The van der Waals surface area contributed by atoms with E-state index in [1.807, 2.05) is 42.5 Å². The van der Waals surface area contributed by atoms with Crippen LogP contribution in [0.15, 0.2) is 59.8 Å². The van der Waals surface area contributed by atoms with E-state index in [1.165, 1.54) is 11.8 Å². The van der Waals surface area contributed by atoms with Gasteiger partial charge in [-0.1, -0.05) is 66.4 Å². The van der Waals surface area contributed by atoms with Crippen molar-refractivity contribution in [2.45, 2.75) is 49.7 Å². The molecule has 1 aliphatic rings. The van der Waals surface area contributed by atoms with E-state index in [4.69, 9.17) is 0 Å². The van der Waals surface area contributed by atoms with Gasteiger partial charge in [0, 0.05) is 18.2 Å². The van der Waals surface area contributed by atoms with Crippen LogP contribution in [0.25, 0.3) is 11.4 Å². The van der Waals surface area contributed by atoms with Gasteiger partial charge in [-0.2, -0.15) is 0 Å². The lowest BCUT2D eigenvalue weighted by atomic mass is 10.1. The molecule has 3 aromatic rings. The zero-order chi connectivity index (χ0) is 19.5. The van der Waals surface area contributed by atoms with Gasteiger partial charge in [0.1, 0.15) is 5.25 Å². The summed E-state index contributed by atoms with van der Waals surface area (Å²) in [5.74, 6) is 0.888. The molecule has 6 heteroatoms. The minimum absolute atomic E-state index is 0.0433. The topological polar surface area (TPSA) is 59.8 Å². The number of thioether (sulfide) groups is 1. The number of nitrogens with one attached hydrogen (secondary N) is 1. The van der Waals surface area contributed by atoms with Crippen molar-refractivity contribution in [3.05, 3.63) is 65.7 Å². The fourth-order valence-electron chi connectivity index (χ4n) is 3.19. The second-order valence-electron chi connectivity index (χ2n) is 7.06. The van der Waals surface area contributed by atoms with Gasteiger partial charge in [-0.05, 0) is 37.8 Å². The summed E-state index contributed by atoms with van der Waals surface area (Å²) < 4.78 is 2.09. The van der Waals surface area contributed by atoms with Crippen LogP contribution in [-0.4, -0.2) is 26.7 Å². The van der Waals surface area contributed by atoms with Crippen molar-refractivity contribution in [3.8, 4) is 11.4 Å². The van der Waals surface area contributed by atoms with E-state index in [-0.39, 0.29) is 11.2 Å². The second kappa shape index (κ2) is 8.19. The van der Waals surface area contributed by atoms with Crippen LogP contribution >= 0.6 is 11.8 Å². The molecule has 5 nitrogen and oxygen atoms in total. The summed E-state index contributed by atoms with van der Waals surface area (Å²) in [5, 5.41) is 12.5. The van der Waals surface area contributed by atoms with Crippen LogP contribution in [0.3, 0.4) is 0 Å². The Morgan fingerprint density at radius 3 is 2.54 bits per heavy atom. The molecule has 0 radical (unpaired) electrons. The number of hydrogen-bond acceptors (Lipinski definition) is 4. The molecular formula is C22H24N4OS. The normalized spacial score (nSPS) is 14.6. The van der Waals surface area contributed by atoms with Crippen LogP contribution in [0.1, 0.15) is 36.1 Å². The van der Waals surface area contributed by atoms with Crippen molar-refractivity contribution >= 4 is 17.7 Å². The summed E-state index contributed by atoms with van der Waals surface area (Å²) in [6.45, 7) is 4.90. The van der Waals surface area contributed by atoms with Crippen LogP contribution < -0.4 is 5.32 Å². The molecule has 1 heterocycles. The van der Waals surface area contributed by atoms with Crippen molar-refractivity contribution in [2.75, 3.05) is 0 Å². The highest BCUT2D eigenvalue weighted by atomic mass is 32.2. The van der Waals surface area contributed by atoms with Gasteiger partial charge in [-0.25, -0.2) is 0 Å². The van der Waals surface area contributed by atoms with Gasteiger partial charge in [0.05, 0.1) is 0 Å². The van der Waals surface area contributed by atoms with Gasteiger partial charge in [-0.15, -0.1) is 10.2 Å². The third kappa shape index (κ3) is 3.97. The van der Waals surface area contributed by atoms with Gasteiger partial charge in [0.25, 0.3) is 0 Å². The number of hydrogen-bond donors (Lipinski definition) is 1. The quantitative estimate of drug-likeness (QED) is 0.606. The number of carbonyl (C=O) groups is 1. The first kappa shape index (κ1) is 18.7. The Hall–Kier alpha value is -2.60. The predicted molar refractivity (Wildman–Crippen MR) is 112 cm³/mol. The lowest BCUT2D eigenvalue weighted by Crippen LogP contribution is -2.30. The van der Waals surface area contributed by atoms with Crippen molar-refractivity contribution < 1.29 is 4.79 Å². The molecule has 1 saturated carbocycles. The molecule has 2 aromatic carbocycles. The number of rotatable bonds is 7. The largest absolute Gasteiger partial charge is 0.352 e. The van der Waals surface area contributed by atoms with Gasteiger partial charge >= 0.3 is 0 Å². The smallest absolute Gasteiger partial charge is 0.238 e. The highest BCUT2D eigenvalue weighted by molar-refractivity contribution is 8.00. The van der Waals surface area contributed by atoms with Gasteiger partial charge in [0.2, 0.25) is 5.91 Å². The predicted octanol–water partition coefficient (Wildman–Crippen LogP) is 4.39. The molecule has 4 rings (SSSR count). The van der Waals surface area contributed by atoms with Crippen LogP contribution in [0, 0.1) is 6.92 Å². The summed E-state index contributed by atoms with van der Waals surface area (Å²) in [6.07, 6.45) is 2.14. The van der Waals surface area contributed by atoms with E-state index in [1.54, 1.807) is 0 Å². The zero-order valence-corrected chi connectivity index (χ0v) is 16.9. The zero-order valence-electron chi connectivity index (χ0n) is 16.1. The highest BCUT2D eigenvalue weighted by Gasteiger charge is 2.30. The van der Waals surface area contributed by atoms with E-state index < -0.39 is 0 Å². The number of carbonyl (C=O) groups excluding carboxylic acids is 1. The van der Waals surface area contributed by atoms with Gasteiger partial charge in [0.15, 0.2) is 11.0 Å². The molecule has 0 saturated heterocycles. The summed E-state index contributed by atoms with van der Waals surface area (Å²) in [5.41, 5.74) is 3.21. The number of nitrogens with zero attached hydrogens (tertiary/aromatic N) is 3. The molecule has 1 amide bonds. The number of aromatic nitrogens is 3. The third-order valence-electron chi connectivity index (χ3n) is 4.91. The average Bonchev–Trinajstić information content (AvgIpc) is 3.44. The lowest BCUT2D eigenvalue weighted by Gasteiger charge is -2.17. The molecule has 1 atom stereocenters. The Morgan fingerprint density at radius 1 is 1.14 bits per heavy atom. The molecule has 28 heavy (non-hydrogen) atoms. The van der Waals surface area contributed by atoms with E-state index in [0.29, 0.717) is 6.04 Å². The molecule has 0 bridgehead atoms. The fourth-order valence-corrected chi connectivity index (χ4v) is 4.30. The molecule has 144 valence electrons. The first-order chi connectivity index (χ1) is 13.7. The molecular weight excluding hydrogens is 368 g/mol. The first-order valence-electron chi connectivity index (χ1n) is 9.68. The summed E-state index contributed by atoms with van der Waals surface area (Å²) in [6, 6.07) is 18.4. The third-order valence-corrected chi connectivity index (χ3v) is 6.14. The van der Waals surface area contributed by atoms with Crippen LogP contribution in [0.2, 0.25) is 0 Å². The maximum Gasteiger partial charge on any atom is 0.238 e. The highest BCUT2D eigenvalue weighted by Crippen LogP contribution is 2.37. The molecule has 0 unspecified atom stereocenters. The van der Waals surface area contributed by atoms with Crippen LogP contribution in [0.4, 0.5) is 0 Å². The van der Waals surface area contributed by atoms with E-state index in [0.717, 1.165) is 47.1 Å². The van der Waals surface area contributed by atoms with Crippen molar-refractivity contribution in [1.82, 2.24) is 20.1 Å². The molecule has 0 spiro atoms. The maximum atomic E-state index is 12.9. The minimum Gasteiger partial charge on any atom is -0.352 e. The SMILES string of the molecule is CCn1c(S[C@H](C(=O)NC2CC2)c2ccccc2)nnc1-c1ccccc1C. The Balaban J connectivity index is 1.67. The monoisotopic (exact) mass is 392 g/mol. The van der Waals surface area contributed by atoms with Crippen LogP contribution in [-0.2, 0) is 11.3 Å². The summed E-state index contributed by atoms with van der Waals surface area (Å²) in [7, 11) is 0. The molecule has 1 aliphatic carbocycles. The molecule has 1 N–H and O–H groups in total. The first-order valence-corrected chi connectivity index (χ1v) is 10.6. The number of amides is 1. The number of aryl methyl sites for hydroxylation is 1. The van der Waals surface area contributed by atoms with Crippen molar-refractivity contribution in [3.63, 3.8) is 0 Å². The average molecular weight is 393 g/mol. The molecule has 1 fully saturated rings. The van der Waals surface area contributed by atoms with E-state index in [2.05, 4.69) is 46.1 Å². The standard InChI is InChI=1S/C22H24N4OS/c1-3-26-20(18-12-8-7-9-15(18)2)24-25-22(26)28-19(16-10-5-4-6-11-16)21(27)23-17-13-14-17/h4-12,17,19H,3,13-14H2,1-2H3,(H,23,27)/t19-/m0/s1. The molecule has 0 aliphatic heterocycles. The Kier molecular flexibility index (Phi) is 5.48.